The molecule has 2 fully saturated rings. The van der Waals surface area contributed by atoms with Crippen LogP contribution in [0.3, 0.4) is 0 Å². The summed E-state index contributed by atoms with van der Waals surface area (Å²) in [5.41, 5.74) is -2.19. The Morgan fingerprint density at radius 1 is 0.735 bits per heavy atom. The van der Waals surface area contributed by atoms with E-state index in [0.717, 1.165) is 5.06 Å². The van der Waals surface area contributed by atoms with Crippen LogP contribution in [0.5, 0.6) is 0 Å². The lowest BCUT2D eigenvalue weighted by Crippen LogP contribution is -2.60. The van der Waals surface area contributed by atoms with Crippen LogP contribution in [-0.2, 0) is 14.7 Å². The monoisotopic (exact) mass is 475 g/mol. The largest absolute Gasteiger partial charge is 0.459 e. The molecule has 2 aliphatic rings. The summed E-state index contributed by atoms with van der Waals surface area (Å²) >= 11 is 0. The first-order valence-corrected chi connectivity index (χ1v) is 11.9. The molecule has 2 aliphatic heterocycles. The van der Waals surface area contributed by atoms with Crippen molar-refractivity contribution in [2.45, 2.75) is 115 Å². The average Bonchev–Trinajstić information content (AvgIpc) is 2.69. The highest BCUT2D eigenvalue weighted by Crippen LogP contribution is 2.40. The van der Waals surface area contributed by atoms with Crippen molar-refractivity contribution in [1.82, 2.24) is 10.1 Å². The number of piperidine rings is 2. The zero-order chi connectivity index (χ0) is 25.7. The van der Waals surface area contributed by atoms with Crippen molar-refractivity contribution in [1.29, 1.82) is 0 Å². The van der Waals surface area contributed by atoms with Gasteiger partial charge in [0.2, 0.25) is 0 Å². The minimum Gasteiger partial charge on any atom is -0.459 e. The number of ether oxygens (including phenoxy) is 2. The van der Waals surface area contributed by atoms with Crippen LogP contribution in [0.15, 0.2) is 24.3 Å². The van der Waals surface area contributed by atoms with Gasteiger partial charge >= 0.3 is 11.9 Å². The second-order valence-corrected chi connectivity index (χ2v) is 12.3. The Labute approximate surface area is 202 Å². The van der Waals surface area contributed by atoms with Crippen LogP contribution >= 0.6 is 0 Å². The molecule has 8 heteroatoms. The SMILES string of the molecule is CC1(C)CC(OC(=O)c2ccccc2C(=O)OC2CC(C)(C)N(O)C(C)(C)C2)CC(C)(C)N1[O]. The fraction of sp³-hybridized carbons (Fsp3) is 0.692. The van der Waals surface area contributed by atoms with Crippen molar-refractivity contribution in [3.8, 4) is 0 Å². The maximum absolute atomic E-state index is 13.1. The molecule has 1 radical (unpaired) electrons. The third kappa shape index (κ3) is 5.30. The van der Waals surface area contributed by atoms with E-state index in [1.807, 2.05) is 55.4 Å². The summed E-state index contributed by atoms with van der Waals surface area (Å²) in [6.07, 6.45) is 0.881. The number of rotatable bonds is 4. The van der Waals surface area contributed by atoms with Crippen molar-refractivity contribution in [2.75, 3.05) is 0 Å². The second kappa shape index (κ2) is 8.90. The Hall–Kier alpha value is -2.00. The van der Waals surface area contributed by atoms with Crippen LogP contribution in [-0.4, -0.2) is 61.6 Å². The van der Waals surface area contributed by atoms with Gasteiger partial charge in [0.05, 0.1) is 11.1 Å². The summed E-state index contributed by atoms with van der Waals surface area (Å²) in [6, 6.07) is 6.48. The Kier molecular flexibility index (Phi) is 6.96. The normalized spacial score (nSPS) is 25.0. The number of hydrogen-bond donors (Lipinski definition) is 1. The van der Waals surface area contributed by atoms with Gasteiger partial charge in [-0.2, -0.15) is 5.06 Å². The van der Waals surface area contributed by atoms with E-state index in [1.54, 1.807) is 24.3 Å². The number of carbonyl (C=O) groups excluding carboxylic acids is 2. The van der Waals surface area contributed by atoms with E-state index in [1.165, 1.54) is 5.06 Å². The molecule has 0 atom stereocenters. The lowest BCUT2D eigenvalue weighted by atomic mass is 9.80. The van der Waals surface area contributed by atoms with Crippen LogP contribution in [0.25, 0.3) is 0 Å². The number of carbonyl (C=O) groups is 2. The molecule has 2 heterocycles. The molecule has 3 rings (SSSR count). The average molecular weight is 476 g/mol. The highest BCUT2D eigenvalue weighted by Gasteiger charge is 2.48. The van der Waals surface area contributed by atoms with Gasteiger partial charge in [0.15, 0.2) is 0 Å². The van der Waals surface area contributed by atoms with Gasteiger partial charge in [0.25, 0.3) is 0 Å². The van der Waals surface area contributed by atoms with Gasteiger partial charge in [-0.3, -0.25) is 0 Å². The molecule has 0 amide bonds. The fourth-order valence-electron chi connectivity index (χ4n) is 5.79. The summed E-state index contributed by atoms with van der Waals surface area (Å²) in [7, 11) is 0. The molecule has 0 bridgehead atoms. The van der Waals surface area contributed by atoms with Crippen molar-refractivity contribution < 1.29 is 29.5 Å². The molecule has 34 heavy (non-hydrogen) atoms. The van der Waals surface area contributed by atoms with E-state index < -0.39 is 46.3 Å². The molecule has 0 aliphatic carbocycles. The topological polar surface area (TPSA) is 99.2 Å². The Bertz CT molecular complexity index is 828. The van der Waals surface area contributed by atoms with Gasteiger partial charge in [-0.1, -0.05) is 12.1 Å². The summed E-state index contributed by atoms with van der Waals surface area (Å²) in [5, 5.41) is 25.5. The third-order valence-corrected chi connectivity index (χ3v) is 7.07. The molecule has 8 nitrogen and oxygen atoms in total. The van der Waals surface area contributed by atoms with Crippen LogP contribution in [0.2, 0.25) is 0 Å². The Balaban J connectivity index is 1.76. The molecular weight excluding hydrogens is 436 g/mol. The van der Waals surface area contributed by atoms with Crippen LogP contribution < -0.4 is 0 Å². The standard InChI is InChI=1S/C26H39N2O6/c1-23(2)13-17(14-24(3,4)27(23)31)33-21(29)19-11-9-10-12-20(19)22(30)34-18-15-25(5,6)28(32)26(7,8)16-18/h9-12,17-18,31H,13-16H2,1-8H3. The lowest BCUT2D eigenvalue weighted by molar-refractivity contribution is -0.298. The Morgan fingerprint density at radius 2 is 1.06 bits per heavy atom. The zero-order valence-electron chi connectivity index (χ0n) is 21.7. The molecule has 189 valence electrons. The van der Waals surface area contributed by atoms with Gasteiger partial charge in [-0.15, -0.1) is 10.3 Å². The minimum absolute atomic E-state index is 0.144. The molecule has 1 aromatic carbocycles. The van der Waals surface area contributed by atoms with Gasteiger partial charge in [-0.05, 0) is 67.5 Å². The molecule has 1 N–H and O–H groups in total. The van der Waals surface area contributed by atoms with E-state index in [4.69, 9.17) is 9.47 Å². The van der Waals surface area contributed by atoms with Gasteiger partial charge < -0.3 is 14.7 Å². The van der Waals surface area contributed by atoms with Gasteiger partial charge in [0.1, 0.15) is 12.2 Å². The second-order valence-electron chi connectivity index (χ2n) is 12.3. The van der Waals surface area contributed by atoms with E-state index in [0.29, 0.717) is 25.7 Å². The van der Waals surface area contributed by atoms with Gasteiger partial charge in [0, 0.05) is 47.8 Å². The van der Waals surface area contributed by atoms with E-state index in [2.05, 4.69) is 0 Å². The van der Waals surface area contributed by atoms with Crippen molar-refractivity contribution in [2.24, 2.45) is 0 Å². The minimum atomic E-state index is -0.674. The first kappa shape index (κ1) is 26.6. The maximum Gasteiger partial charge on any atom is 0.339 e. The number of nitrogens with zero attached hydrogens (tertiary/aromatic N) is 2. The quantitative estimate of drug-likeness (QED) is 0.626. The number of benzene rings is 1. The molecular formula is C26H39N2O6. The summed E-state index contributed by atoms with van der Waals surface area (Å²) < 4.78 is 11.6. The molecule has 0 aromatic heterocycles. The highest BCUT2D eigenvalue weighted by molar-refractivity contribution is 6.03. The molecule has 2 saturated heterocycles. The van der Waals surface area contributed by atoms with Crippen molar-refractivity contribution >= 4 is 11.9 Å². The predicted octanol–water partition coefficient (Wildman–Crippen LogP) is 4.78. The van der Waals surface area contributed by atoms with Gasteiger partial charge in [-0.25, -0.2) is 9.59 Å². The molecule has 1 aromatic rings. The lowest BCUT2D eigenvalue weighted by Gasteiger charge is -2.50. The summed E-state index contributed by atoms with van der Waals surface area (Å²) in [4.78, 5) is 26.3. The van der Waals surface area contributed by atoms with E-state index in [-0.39, 0.29) is 11.1 Å². The fourth-order valence-corrected chi connectivity index (χ4v) is 5.79. The molecule has 0 unspecified atom stereocenters. The van der Waals surface area contributed by atoms with Crippen LogP contribution in [0, 0.1) is 0 Å². The van der Waals surface area contributed by atoms with Crippen LogP contribution in [0.1, 0.15) is 102 Å². The number of hydroxylamine groups is 4. The highest BCUT2D eigenvalue weighted by atomic mass is 16.6. The molecule has 0 saturated carbocycles. The smallest absolute Gasteiger partial charge is 0.339 e. The maximum atomic E-state index is 13.1. The Morgan fingerprint density at radius 3 is 1.41 bits per heavy atom. The first-order valence-electron chi connectivity index (χ1n) is 11.9. The third-order valence-electron chi connectivity index (χ3n) is 7.07. The summed E-state index contributed by atoms with van der Waals surface area (Å²) in [5.74, 6) is -1.19. The zero-order valence-corrected chi connectivity index (χ0v) is 21.7. The predicted molar refractivity (Wildman–Crippen MR) is 126 cm³/mol. The first-order chi connectivity index (χ1) is 15.5. The summed E-state index contributed by atoms with van der Waals surface area (Å²) in [6.45, 7) is 15.0. The number of esters is 2. The van der Waals surface area contributed by atoms with Crippen molar-refractivity contribution in [3.05, 3.63) is 35.4 Å². The van der Waals surface area contributed by atoms with Crippen molar-refractivity contribution in [3.63, 3.8) is 0 Å². The van der Waals surface area contributed by atoms with E-state index >= 15 is 0 Å². The van der Waals surface area contributed by atoms with E-state index in [9.17, 15) is 20.0 Å². The molecule has 0 spiro atoms. The number of hydrogen-bond acceptors (Lipinski definition) is 7. The van der Waals surface area contributed by atoms with Crippen LogP contribution in [0.4, 0.5) is 0 Å².